The van der Waals surface area contributed by atoms with Gasteiger partial charge in [-0.05, 0) is 50.1 Å². The highest BCUT2D eigenvalue weighted by molar-refractivity contribution is 4.89. The third kappa shape index (κ3) is 4.17. The lowest BCUT2D eigenvalue weighted by molar-refractivity contribution is 0.0404. The van der Waals surface area contributed by atoms with Crippen molar-refractivity contribution in [2.75, 3.05) is 32.8 Å². The highest BCUT2D eigenvalue weighted by Gasteiger charge is 2.35. The molecule has 1 saturated carbocycles. The van der Waals surface area contributed by atoms with Crippen LogP contribution in [0.5, 0.6) is 0 Å². The topological polar surface area (TPSA) is 38.5 Å². The zero-order valence-corrected chi connectivity index (χ0v) is 12.9. The van der Waals surface area contributed by atoms with Gasteiger partial charge in [-0.1, -0.05) is 26.7 Å². The largest absolute Gasteiger partial charge is 0.377 e. The minimum absolute atomic E-state index is 0.367. The minimum Gasteiger partial charge on any atom is -0.377 e. The molecule has 1 aliphatic carbocycles. The van der Waals surface area contributed by atoms with Gasteiger partial charge in [0.2, 0.25) is 0 Å². The molecule has 0 aromatic heterocycles. The Kier molecular flexibility index (Phi) is 5.67. The predicted molar refractivity (Wildman–Crippen MR) is 80.2 cm³/mol. The van der Waals surface area contributed by atoms with Crippen molar-refractivity contribution in [2.45, 2.75) is 58.5 Å². The Morgan fingerprint density at radius 3 is 2.74 bits per heavy atom. The van der Waals surface area contributed by atoms with Crippen LogP contribution in [0.3, 0.4) is 0 Å². The summed E-state index contributed by atoms with van der Waals surface area (Å²) in [5, 5.41) is 0. The van der Waals surface area contributed by atoms with Crippen LogP contribution in [-0.4, -0.2) is 43.8 Å². The second-order valence-corrected chi connectivity index (χ2v) is 6.87. The van der Waals surface area contributed by atoms with Crippen molar-refractivity contribution in [3.8, 4) is 0 Å². The Morgan fingerprint density at radius 1 is 1.32 bits per heavy atom. The highest BCUT2D eigenvalue weighted by atomic mass is 16.5. The molecule has 0 bridgehead atoms. The summed E-state index contributed by atoms with van der Waals surface area (Å²) < 4.78 is 5.79. The van der Waals surface area contributed by atoms with E-state index in [4.69, 9.17) is 10.5 Å². The number of nitrogens with zero attached hydrogens (tertiary/aromatic N) is 1. The first-order chi connectivity index (χ1) is 9.17. The highest BCUT2D eigenvalue weighted by Crippen LogP contribution is 2.39. The molecule has 0 aromatic carbocycles. The fourth-order valence-corrected chi connectivity index (χ4v) is 4.02. The molecule has 3 heteroatoms. The molecule has 0 amide bonds. The quantitative estimate of drug-likeness (QED) is 0.805. The van der Waals surface area contributed by atoms with Crippen molar-refractivity contribution in [1.82, 2.24) is 4.90 Å². The predicted octanol–water partition coefficient (Wildman–Crippen LogP) is 2.64. The first-order valence-electron chi connectivity index (χ1n) is 8.21. The molecular weight excluding hydrogens is 236 g/mol. The molecule has 3 nitrogen and oxygen atoms in total. The first kappa shape index (κ1) is 15.3. The molecule has 0 spiro atoms. The standard InChI is InChI=1S/C16H32N2O/c1-3-18(11-15-7-5-9-19-15)13-16(12-17)8-4-6-14(2)10-16/h14-15H,3-13,17H2,1-2H3. The van der Waals surface area contributed by atoms with Crippen LogP contribution < -0.4 is 5.73 Å². The third-order valence-electron chi connectivity index (χ3n) is 5.11. The summed E-state index contributed by atoms with van der Waals surface area (Å²) in [5.74, 6) is 0.846. The van der Waals surface area contributed by atoms with Gasteiger partial charge < -0.3 is 15.4 Å². The van der Waals surface area contributed by atoms with Crippen LogP contribution in [0.2, 0.25) is 0 Å². The number of hydrogen-bond acceptors (Lipinski definition) is 3. The van der Waals surface area contributed by atoms with Crippen molar-refractivity contribution in [3.63, 3.8) is 0 Å². The van der Waals surface area contributed by atoms with Crippen molar-refractivity contribution in [3.05, 3.63) is 0 Å². The van der Waals surface area contributed by atoms with E-state index in [1.54, 1.807) is 0 Å². The van der Waals surface area contributed by atoms with Gasteiger partial charge in [0.15, 0.2) is 0 Å². The molecule has 1 heterocycles. The average Bonchev–Trinajstić information content (AvgIpc) is 2.91. The van der Waals surface area contributed by atoms with E-state index < -0.39 is 0 Å². The van der Waals surface area contributed by atoms with E-state index in [0.29, 0.717) is 11.5 Å². The third-order valence-corrected chi connectivity index (χ3v) is 5.11. The van der Waals surface area contributed by atoms with Crippen molar-refractivity contribution >= 4 is 0 Å². The van der Waals surface area contributed by atoms with Crippen LogP contribution in [0.25, 0.3) is 0 Å². The number of rotatable bonds is 6. The monoisotopic (exact) mass is 268 g/mol. The van der Waals surface area contributed by atoms with E-state index in [2.05, 4.69) is 18.7 Å². The summed E-state index contributed by atoms with van der Waals surface area (Å²) >= 11 is 0. The fraction of sp³-hybridized carbons (Fsp3) is 1.00. The molecule has 2 N–H and O–H groups in total. The Bertz CT molecular complexity index is 265. The molecule has 0 aromatic rings. The van der Waals surface area contributed by atoms with Crippen LogP contribution in [0, 0.1) is 11.3 Å². The van der Waals surface area contributed by atoms with Gasteiger partial charge in [-0.25, -0.2) is 0 Å². The van der Waals surface area contributed by atoms with Gasteiger partial charge in [-0.3, -0.25) is 0 Å². The van der Waals surface area contributed by atoms with Crippen molar-refractivity contribution < 1.29 is 4.74 Å². The maximum absolute atomic E-state index is 6.15. The number of nitrogens with two attached hydrogens (primary N) is 1. The Morgan fingerprint density at radius 2 is 2.16 bits per heavy atom. The number of ether oxygens (including phenoxy) is 1. The van der Waals surface area contributed by atoms with Gasteiger partial charge in [-0.2, -0.15) is 0 Å². The molecule has 1 saturated heterocycles. The van der Waals surface area contributed by atoms with E-state index in [0.717, 1.165) is 32.2 Å². The molecule has 1 aliphatic heterocycles. The lowest BCUT2D eigenvalue weighted by Gasteiger charge is -2.43. The normalized spacial score (nSPS) is 36.0. The van der Waals surface area contributed by atoms with E-state index in [-0.39, 0.29) is 0 Å². The van der Waals surface area contributed by atoms with E-state index >= 15 is 0 Å². The molecule has 112 valence electrons. The summed E-state index contributed by atoms with van der Waals surface area (Å²) in [4.78, 5) is 2.58. The molecule has 19 heavy (non-hydrogen) atoms. The number of likely N-dealkylation sites (N-methyl/N-ethyl adjacent to an activating group) is 1. The van der Waals surface area contributed by atoms with Crippen LogP contribution in [0.1, 0.15) is 52.4 Å². The number of hydrogen-bond donors (Lipinski definition) is 1. The Hall–Kier alpha value is -0.120. The summed E-state index contributed by atoms with van der Waals surface area (Å²) in [6, 6.07) is 0. The molecule has 2 rings (SSSR count). The zero-order valence-electron chi connectivity index (χ0n) is 12.9. The lowest BCUT2D eigenvalue weighted by Crippen LogP contribution is -2.47. The Balaban J connectivity index is 1.90. The fourth-order valence-electron chi connectivity index (χ4n) is 4.02. The second-order valence-electron chi connectivity index (χ2n) is 6.87. The molecule has 2 aliphatic rings. The lowest BCUT2D eigenvalue weighted by atomic mass is 9.69. The van der Waals surface area contributed by atoms with E-state index in [1.165, 1.54) is 45.1 Å². The summed E-state index contributed by atoms with van der Waals surface area (Å²) in [6.07, 6.45) is 8.32. The molecule has 0 radical (unpaired) electrons. The van der Waals surface area contributed by atoms with Crippen LogP contribution >= 0.6 is 0 Å². The second kappa shape index (κ2) is 7.05. The van der Waals surface area contributed by atoms with Gasteiger partial charge in [0.25, 0.3) is 0 Å². The first-order valence-corrected chi connectivity index (χ1v) is 8.21. The average molecular weight is 268 g/mol. The SMILES string of the molecule is CCN(CC1CCCO1)CC1(CN)CCCC(C)C1. The maximum Gasteiger partial charge on any atom is 0.0702 e. The Labute approximate surface area is 118 Å². The van der Waals surface area contributed by atoms with E-state index in [9.17, 15) is 0 Å². The molecule has 3 unspecified atom stereocenters. The maximum atomic E-state index is 6.15. The smallest absolute Gasteiger partial charge is 0.0702 e. The zero-order chi connectivity index (χ0) is 13.7. The molecule has 3 atom stereocenters. The van der Waals surface area contributed by atoms with Crippen molar-refractivity contribution in [2.24, 2.45) is 17.1 Å². The summed E-state index contributed by atoms with van der Waals surface area (Å²) in [7, 11) is 0. The molecule has 2 fully saturated rings. The molecular formula is C16H32N2O. The van der Waals surface area contributed by atoms with Crippen molar-refractivity contribution in [1.29, 1.82) is 0 Å². The van der Waals surface area contributed by atoms with Gasteiger partial charge in [0.1, 0.15) is 0 Å². The van der Waals surface area contributed by atoms with Crippen LogP contribution in [0.4, 0.5) is 0 Å². The summed E-state index contributed by atoms with van der Waals surface area (Å²) in [5.41, 5.74) is 6.52. The van der Waals surface area contributed by atoms with E-state index in [1.807, 2.05) is 0 Å². The van der Waals surface area contributed by atoms with Gasteiger partial charge in [0, 0.05) is 19.7 Å². The minimum atomic E-state index is 0.367. The van der Waals surface area contributed by atoms with Gasteiger partial charge in [-0.15, -0.1) is 0 Å². The van der Waals surface area contributed by atoms with Crippen LogP contribution in [0.15, 0.2) is 0 Å². The van der Waals surface area contributed by atoms with Crippen LogP contribution in [-0.2, 0) is 4.74 Å². The van der Waals surface area contributed by atoms with Gasteiger partial charge >= 0.3 is 0 Å². The van der Waals surface area contributed by atoms with Gasteiger partial charge in [0.05, 0.1) is 6.10 Å². The summed E-state index contributed by atoms with van der Waals surface area (Å²) in [6.45, 7) is 9.86.